The zero-order valence-electron chi connectivity index (χ0n) is 17.7. The summed E-state index contributed by atoms with van der Waals surface area (Å²) in [7, 11) is -2.73. The molecule has 0 aliphatic heterocycles. The van der Waals surface area contributed by atoms with Crippen molar-refractivity contribution in [1.29, 1.82) is 0 Å². The van der Waals surface area contributed by atoms with Crippen LogP contribution in [0.4, 0.5) is 18.9 Å². The average molecular weight is 478 g/mol. The van der Waals surface area contributed by atoms with E-state index in [0.717, 1.165) is 6.07 Å². The SMILES string of the molecule is COc1ccc(S(=O)(=O)NC(Cc2ccccc2)C(=O)Nc2ccc(F)c(F)c2F)cc1C. The molecule has 1 atom stereocenters. The van der Waals surface area contributed by atoms with Gasteiger partial charge in [-0.05, 0) is 54.8 Å². The number of aryl methyl sites for hydroxylation is 1. The number of carbonyl (C=O) groups is 1. The molecule has 3 aromatic rings. The standard InChI is InChI=1S/C23H21F3N2O4S/c1-14-12-16(8-11-20(14)32-2)33(30,31)28-19(13-15-6-4-3-5-7-15)23(29)27-18-10-9-17(24)21(25)22(18)26/h3-12,19,28H,13H2,1-2H3,(H,27,29). The van der Waals surface area contributed by atoms with E-state index in [9.17, 15) is 26.4 Å². The summed E-state index contributed by atoms with van der Waals surface area (Å²) >= 11 is 0. The summed E-state index contributed by atoms with van der Waals surface area (Å²) < 4.78 is 74.3. The second-order valence-corrected chi connectivity index (χ2v) is 8.92. The number of halogens is 3. The minimum Gasteiger partial charge on any atom is -0.496 e. The lowest BCUT2D eigenvalue weighted by molar-refractivity contribution is -0.117. The minimum atomic E-state index is -4.18. The van der Waals surface area contributed by atoms with Crippen molar-refractivity contribution >= 4 is 21.6 Å². The van der Waals surface area contributed by atoms with Crippen LogP contribution in [0.1, 0.15) is 11.1 Å². The molecule has 0 aliphatic rings. The third kappa shape index (κ3) is 5.71. The molecule has 0 heterocycles. The van der Waals surface area contributed by atoms with Gasteiger partial charge in [0.2, 0.25) is 15.9 Å². The van der Waals surface area contributed by atoms with Gasteiger partial charge in [0, 0.05) is 0 Å². The number of benzene rings is 3. The Morgan fingerprint density at radius 2 is 1.70 bits per heavy atom. The monoisotopic (exact) mass is 478 g/mol. The largest absolute Gasteiger partial charge is 0.496 e. The highest BCUT2D eigenvalue weighted by Crippen LogP contribution is 2.23. The first-order chi connectivity index (χ1) is 15.6. The van der Waals surface area contributed by atoms with Crippen molar-refractivity contribution in [2.45, 2.75) is 24.3 Å². The number of hydrogen-bond donors (Lipinski definition) is 2. The Hall–Kier alpha value is -3.37. The molecule has 174 valence electrons. The zero-order valence-corrected chi connectivity index (χ0v) is 18.5. The summed E-state index contributed by atoms with van der Waals surface area (Å²) in [4.78, 5) is 12.8. The van der Waals surface area contributed by atoms with Crippen molar-refractivity contribution in [1.82, 2.24) is 4.72 Å². The van der Waals surface area contributed by atoms with Gasteiger partial charge in [0.15, 0.2) is 17.5 Å². The molecule has 33 heavy (non-hydrogen) atoms. The number of carbonyl (C=O) groups excluding carboxylic acids is 1. The van der Waals surface area contributed by atoms with Crippen LogP contribution >= 0.6 is 0 Å². The highest BCUT2D eigenvalue weighted by atomic mass is 32.2. The van der Waals surface area contributed by atoms with Crippen LogP contribution in [-0.2, 0) is 21.2 Å². The van der Waals surface area contributed by atoms with Gasteiger partial charge in [0.05, 0.1) is 17.7 Å². The smallest absolute Gasteiger partial charge is 0.242 e. The molecule has 0 bridgehead atoms. The molecule has 3 rings (SSSR count). The molecule has 0 saturated carbocycles. The topological polar surface area (TPSA) is 84.5 Å². The Balaban J connectivity index is 1.91. The number of ether oxygens (including phenoxy) is 1. The maximum absolute atomic E-state index is 14.1. The molecule has 2 N–H and O–H groups in total. The van der Waals surface area contributed by atoms with Gasteiger partial charge in [-0.2, -0.15) is 4.72 Å². The lowest BCUT2D eigenvalue weighted by Crippen LogP contribution is -2.45. The van der Waals surface area contributed by atoms with Gasteiger partial charge in [-0.25, -0.2) is 21.6 Å². The van der Waals surface area contributed by atoms with E-state index in [2.05, 4.69) is 10.0 Å². The van der Waals surface area contributed by atoms with Crippen molar-refractivity contribution in [3.8, 4) is 5.75 Å². The maximum Gasteiger partial charge on any atom is 0.242 e. The third-order valence-electron chi connectivity index (χ3n) is 4.87. The number of amides is 1. The number of anilines is 1. The molecule has 1 amide bonds. The first-order valence-corrected chi connectivity index (χ1v) is 11.3. The van der Waals surface area contributed by atoms with Crippen LogP contribution in [0.2, 0.25) is 0 Å². The summed E-state index contributed by atoms with van der Waals surface area (Å²) in [6.45, 7) is 1.66. The Morgan fingerprint density at radius 3 is 2.33 bits per heavy atom. The van der Waals surface area contributed by atoms with E-state index in [0.29, 0.717) is 22.9 Å². The van der Waals surface area contributed by atoms with Gasteiger partial charge in [-0.15, -0.1) is 0 Å². The van der Waals surface area contributed by atoms with Crippen LogP contribution in [0.5, 0.6) is 5.75 Å². The van der Waals surface area contributed by atoms with Crippen LogP contribution in [0.25, 0.3) is 0 Å². The van der Waals surface area contributed by atoms with E-state index in [-0.39, 0.29) is 11.3 Å². The number of hydrogen-bond acceptors (Lipinski definition) is 4. The van der Waals surface area contributed by atoms with Crippen molar-refractivity contribution in [2.24, 2.45) is 0 Å². The van der Waals surface area contributed by atoms with Crippen molar-refractivity contribution in [3.05, 3.63) is 89.2 Å². The third-order valence-corrected chi connectivity index (χ3v) is 6.34. The molecule has 0 aromatic heterocycles. The van der Waals surface area contributed by atoms with Crippen LogP contribution in [-0.4, -0.2) is 27.5 Å². The summed E-state index contributed by atoms with van der Waals surface area (Å²) in [6, 6.07) is 12.8. The lowest BCUT2D eigenvalue weighted by atomic mass is 10.1. The molecule has 10 heteroatoms. The Kier molecular flexibility index (Phi) is 7.39. The van der Waals surface area contributed by atoms with Gasteiger partial charge in [-0.1, -0.05) is 30.3 Å². The summed E-state index contributed by atoms with van der Waals surface area (Å²) in [6.07, 6.45) is -0.0770. The van der Waals surface area contributed by atoms with Crippen LogP contribution < -0.4 is 14.8 Å². The fourth-order valence-corrected chi connectivity index (χ4v) is 4.43. The Morgan fingerprint density at radius 1 is 1.00 bits per heavy atom. The Labute approximate surface area is 189 Å². The van der Waals surface area contributed by atoms with Gasteiger partial charge in [0.1, 0.15) is 11.8 Å². The highest BCUT2D eigenvalue weighted by molar-refractivity contribution is 7.89. The molecule has 6 nitrogen and oxygen atoms in total. The van der Waals surface area contributed by atoms with Crippen molar-refractivity contribution in [3.63, 3.8) is 0 Å². The second kappa shape index (κ2) is 10.1. The van der Waals surface area contributed by atoms with E-state index in [1.807, 2.05) is 0 Å². The number of sulfonamides is 1. The predicted molar refractivity (Wildman–Crippen MR) is 117 cm³/mol. The summed E-state index contributed by atoms with van der Waals surface area (Å²) in [5.74, 6) is -5.21. The van der Waals surface area contributed by atoms with Crippen LogP contribution in [0.3, 0.4) is 0 Å². The van der Waals surface area contributed by atoms with Gasteiger partial charge in [-0.3, -0.25) is 4.79 Å². The first-order valence-electron chi connectivity index (χ1n) is 9.77. The van der Waals surface area contributed by atoms with E-state index < -0.39 is 45.1 Å². The second-order valence-electron chi connectivity index (χ2n) is 7.21. The number of rotatable bonds is 8. The molecule has 0 fully saturated rings. The summed E-state index contributed by atoms with van der Waals surface area (Å²) in [5, 5.41) is 2.13. The average Bonchev–Trinajstić information content (AvgIpc) is 2.79. The van der Waals surface area contributed by atoms with E-state index in [4.69, 9.17) is 4.74 Å². The lowest BCUT2D eigenvalue weighted by Gasteiger charge is -2.19. The first kappa shape index (κ1) is 24.3. The van der Waals surface area contributed by atoms with Gasteiger partial charge in [0.25, 0.3) is 0 Å². The Bertz CT molecular complexity index is 1270. The fraction of sp³-hybridized carbons (Fsp3) is 0.174. The molecule has 0 saturated heterocycles. The van der Waals surface area contributed by atoms with Crippen molar-refractivity contribution in [2.75, 3.05) is 12.4 Å². The molecule has 0 radical (unpaired) electrons. The number of methoxy groups -OCH3 is 1. The molecular weight excluding hydrogens is 457 g/mol. The molecule has 0 spiro atoms. The maximum atomic E-state index is 14.1. The highest BCUT2D eigenvalue weighted by Gasteiger charge is 2.28. The molecule has 0 aliphatic carbocycles. The minimum absolute atomic E-state index is 0.0770. The van der Waals surface area contributed by atoms with E-state index in [1.165, 1.54) is 25.3 Å². The number of nitrogens with one attached hydrogen (secondary N) is 2. The summed E-state index contributed by atoms with van der Waals surface area (Å²) in [5.41, 5.74) is 0.571. The van der Waals surface area contributed by atoms with E-state index in [1.54, 1.807) is 37.3 Å². The molecular formula is C23H21F3N2O4S. The van der Waals surface area contributed by atoms with E-state index >= 15 is 0 Å². The van der Waals surface area contributed by atoms with Crippen molar-refractivity contribution < 1.29 is 31.1 Å². The fourth-order valence-electron chi connectivity index (χ4n) is 3.15. The van der Waals surface area contributed by atoms with Gasteiger partial charge < -0.3 is 10.1 Å². The normalized spacial score (nSPS) is 12.3. The molecule has 1 unspecified atom stereocenters. The molecule has 3 aromatic carbocycles. The quantitative estimate of drug-likeness (QED) is 0.481. The van der Waals surface area contributed by atoms with Crippen LogP contribution in [0.15, 0.2) is 65.6 Å². The zero-order chi connectivity index (χ0) is 24.2. The van der Waals surface area contributed by atoms with Gasteiger partial charge >= 0.3 is 0 Å². The predicted octanol–water partition coefficient (Wildman–Crippen LogP) is 3.95. The van der Waals surface area contributed by atoms with Crippen LogP contribution in [0, 0.1) is 24.4 Å².